The fourth-order valence-electron chi connectivity index (χ4n) is 3.69. The summed E-state index contributed by atoms with van der Waals surface area (Å²) in [4.78, 5) is 17.1. The molecule has 0 aliphatic carbocycles. The molecule has 34 heavy (non-hydrogen) atoms. The number of benzene rings is 3. The zero-order valence-corrected chi connectivity index (χ0v) is 20.2. The summed E-state index contributed by atoms with van der Waals surface area (Å²) in [6.07, 6.45) is 0. The van der Waals surface area contributed by atoms with Gasteiger partial charge in [-0.25, -0.2) is 8.42 Å². The summed E-state index contributed by atoms with van der Waals surface area (Å²) in [6, 6.07) is 21.0. The molecule has 7 nitrogen and oxygen atoms in total. The molecule has 2 N–H and O–H groups in total. The number of nitrogens with one attached hydrogen (secondary N) is 2. The molecule has 2 aliphatic heterocycles. The number of nitrogens with zero attached hydrogens (tertiary/aromatic N) is 1. The predicted molar refractivity (Wildman–Crippen MR) is 137 cm³/mol. The van der Waals surface area contributed by atoms with Crippen molar-refractivity contribution in [2.75, 3.05) is 22.1 Å². The molecule has 0 bridgehead atoms. The zero-order chi connectivity index (χ0) is 23.7. The standard InChI is InChI=1S/C24H20ClN3O4S2/c25-16-3-9-19(10-4-16)32-20-11-7-17(8-12-20)26-23(29)15-1-5-18(6-2-15)27-24-28-21-13-34(30,31)14-22(21)33-24/h1-12,21-22H,13-14H2,(H,26,29)(H,27,28)/t21-,22+/m0/s1. The number of amides is 1. The van der Waals surface area contributed by atoms with Gasteiger partial charge in [-0.1, -0.05) is 23.4 Å². The van der Waals surface area contributed by atoms with Crippen LogP contribution in [-0.4, -0.2) is 42.3 Å². The van der Waals surface area contributed by atoms with E-state index in [1.165, 1.54) is 11.8 Å². The highest BCUT2D eigenvalue weighted by Crippen LogP contribution is 2.34. The Morgan fingerprint density at radius 3 is 2.18 bits per heavy atom. The van der Waals surface area contributed by atoms with E-state index in [-0.39, 0.29) is 28.7 Å². The quantitative estimate of drug-likeness (QED) is 0.494. The molecule has 3 aromatic rings. The van der Waals surface area contributed by atoms with Crippen LogP contribution in [0.15, 0.2) is 77.8 Å². The third-order valence-electron chi connectivity index (χ3n) is 5.38. The van der Waals surface area contributed by atoms with Crippen molar-refractivity contribution >= 4 is 55.6 Å². The molecular formula is C24H20ClN3O4S2. The number of halogens is 1. The first kappa shape index (κ1) is 22.8. The van der Waals surface area contributed by atoms with Crippen LogP contribution >= 0.6 is 23.4 Å². The number of thioether (sulfide) groups is 1. The van der Waals surface area contributed by atoms with E-state index in [2.05, 4.69) is 15.6 Å². The van der Waals surface area contributed by atoms with Gasteiger partial charge in [-0.2, -0.15) is 0 Å². The van der Waals surface area contributed by atoms with Gasteiger partial charge >= 0.3 is 0 Å². The van der Waals surface area contributed by atoms with E-state index in [0.717, 1.165) is 5.69 Å². The van der Waals surface area contributed by atoms with Crippen LogP contribution < -0.4 is 15.4 Å². The summed E-state index contributed by atoms with van der Waals surface area (Å²) < 4.78 is 29.1. The second-order valence-corrected chi connectivity index (χ2v) is 11.8. The lowest BCUT2D eigenvalue weighted by Gasteiger charge is -2.10. The van der Waals surface area contributed by atoms with E-state index in [9.17, 15) is 13.2 Å². The average molecular weight is 514 g/mol. The maximum absolute atomic E-state index is 12.6. The van der Waals surface area contributed by atoms with Gasteiger partial charge in [0.2, 0.25) is 0 Å². The van der Waals surface area contributed by atoms with Crippen molar-refractivity contribution in [2.45, 2.75) is 11.3 Å². The van der Waals surface area contributed by atoms with E-state index in [0.29, 0.717) is 32.9 Å². The van der Waals surface area contributed by atoms with Crippen molar-refractivity contribution in [2.24, 2.45) is 4.99 Å². The van der Waals surface area contributed by atoms with Crippen LogP contribution in [0.2, 0.25) is 5.02 Å². The first-order valence-electron chi connectivity index (χ1n) is 10.5. The molecule has 1 saturated heterocycles. The van der Waals surface area contributed by atoms with Crippen LogP contribution in [0.3, 0.4) is 0 Å². The normalized spacial score (nSPS) is 20.3. The monoisotopic (exact) mass is 513 g/mol. The highest BCUT2D eigenvalue weighted by Gasteiger charge is 2.42. The molecule has 3 aromatic carbocycles. The van der Waals surface area contributed by atoms with Crippen LogP contribution in [0.4, 0.5) is 11.4 Å². The second kappa shape index (κ2) is 9.32. The molecule has 1 amide bonds. The topological polar surface area (TPSA) is 96.9 Å². The van der Waals surface area contributed by atoms with Gasteiger partial charge in [0.05, 0.1) is 17.5 Å². The van der Waals surface area contributed by atoms with E-state index in [1.807, 2.05) is 0 Å². The summed E-state index contributed by atoms with van der Waals surface area (Å²) in [6.45, 7) is 0. The lowest BCUT2D eigenvalue weighted by atomic mass is 10.2. The third-order valence-corrected chi connectivity index (χ3v) is 8.77. The number of amidine groups is 1. The number of carbonyl (C=O) groups excluding carboxylic acids is 1. The number of hydrogen-bond donors (Lipinski definition) is 2. The van der Waals surface area contributed by atoms with E-state index >= 15 is 0 Å². The average Bonchev–Trinajstić information content (AvgIpc) is 3.29. The lowest BCUT2D eigenvalue weighted by Crippen LogP contribution is -2.13. The number of fused-ring (bicyclic) bond motifs is 1. The van der Waals surface area contributed by atoms with Crippen molar-refractivity contribution in [1.29, 1.82) is 0 Å². The summed E-state index contributed by atoms with van der Waals surface area (Å²) in [5, 5.41) is 7.41. The smallest absolute Gasteiger partial charge is 0.255 e. The maximum Gasteiger partial charge on any atom is 0.255 e. The highest BCUT2D eigenvalue weighted by molar-refractivity contribution is 8.15. The first-order chi connectivity index (χ1) is 16.3. The summed E-state index contributed by atoms with van der Waals surface area (Å²) in [7, 11) is -2.97. The third kappa shape index (κ3) is 5.38. The van der Waals surface area contributed by atoms with Crippen molar-refractivity contribution < 1.29 is 17.9 Å². The number of aliphatic imine (C=N–C) groups is 1. The summed E-state index contributed by atoms with van der Waals surface area (Å²) in [5.74, 6) is 1.37. The van der Waals surface area contributed by atoms with E-state index in [4.69, 9.17) is 16.3 Å². The first-order valence-corrected chi connectivity index (χ1v) is 13.6. The Labute approximate surface area is 206 Å². The Balaban J connectivity index is 1.16. The van der Waals surface area contributed by atoms with Crippen molar-refractivity contribution in [3.05, 3.63) is 83.4 Å². The number of sulfone groups is 1. The SMILES string of the molecule is O=C(Nc1ccc(Oc2ccc(Cl)cc2)cc1)c1ccc(NC2=N[C@H]3CS(=O)(=O)C[C@H]3S2)cc1. The van der Waals surface area contributed by atoms with Gasteiger partial charge in [0.25, 0.3) is 5.91 Å². The fourth-order valence-corrected chi connectivity index (χ4v) is 7.49. The van der Waals surface area contributed by atoms with Gasteiger partial charge in [-0.15, -0.1) is 0 Å². The van der Waals surface area contributed by atoms with Crippen LogP contribution in [0.5, 0.6) is 11.5 Å². The van der Waals surface area contributed by atoms with Crippen LogP contribution in [-0.2, 0) is 9.84 Å². The molecule has 5 rings (SSSR count). The number of carbonyl (C=O) groups is 1. The number of rotatable bonds is 5. The van der Waals surface area contributed by atoms with Gasteiger partial charge in [0.1, 0.15) is 11.5 Å². The fraction of sp³-hybridized carbons (Fsp3) is 0.167. The van der Waals surface area contributed by atoms with Crippen molar-refractivity contribution in [3.8, 4) is 11.5 Å². The molecule has 0 radical (unpaired) electrons. The molecule has 0 saturated carbocycles. The highest BCUT2D eigenvalue weighted by atomic mass is 35.5. The molecule has 0 unspecified atom stereocenters. The van der Waals surface area contributed by atoms with Gasteiger partial charge in [0.15, 0.2) is 15.0 Å². The Morgan fingerprint density at radius 2 is 1.53 bits per heavy atom. The van der Waals surface area contributed by atoms with Gasteiger partial charge in [-0.3, -0.25) is 9.79 Å². The molecule has 1 fully saturated rings. The maximum atomic E-state index is 12.6. The number of anilines is 2. The Hall–Kier alpha value is -3.01. The molecule has 174 valence electrons. The number of hydrogen-bond acceptors (Lipinski definition) is 7. The van der Waals surface area contributed by atoms with Crippen LogP contribution in [0.25, 0.3) is 0 Å². The van der Waals surface area contributed by atoms with Gasteiger partial charge in [0, 0.05) is 27.2 Å². The molecule has 10 heteroatoms. The molecule has 2 aliphatic rings. The molecule has 0 spiro atoms. The minimum absolute atomic E-state index is 0.0134. The summed E-state index contributed by atoms with van der Waals surface area (Å²) >= 11 is 7.34. The minimum atomic E-state index is -2.97. The van der Waals surface area contributed by atoms with Crippen molar-refractivity contribution in [3.63, 3.8) is 0 Å². The van der Waals surface area contributed by atoms with Crippen LogP contribution in [0.1, 0.15) is 10.4 Å². The number of ether oxygens (including phenoxy) is 1. The van der Waals surface area contributed by atoms with Gasteiger partial charge < -0.3 is 15.4 Å². The molecule has 2 heterocycles. The second-order valence-electron chi connectivity index (χ2n) is 7.97. The minimum Gasteiger partial charge on any atom is -0.457 e. The van der Waals surface area contributed by atoms with E-state index in [1.54, 1.807) is 72.8 Å². The van der Waals surface area contributed by atoms with E-state index < -0.39 is 9.84 Å². The Bertz CT molecular complexity index is 1340. The Morgan fingerprint density at radius 1 is 0.912 bits per heavy atom. The molecular weight excluding hydrogens is 494 g/mol. The van der Waals surface area contributed by atoms with Gasteiger partial charge in [-0.05, 0) is 72.8 Å². The molecule has 2 atom stereocenters. The predicted octanol–water partition coefficient (Wildman–Crippen LogP) is 5.06. The zero-order valence-electron chi connectivity index (χ0n) is 17.8. The van der Waals surface area contributed by atoms with Crippen molar-refractivity contribution in [1.82, 2.24) is 0 Å². The lowest BCUT2D eigenvalue weighted by molar-refractivity contribution is 0.102. The van der Waals surface area contributed by atoms with Crippen LogP contribution in [0, 0.1) is 0 Å². The summed E-state index contributed by atoms with van der Waals surface area (Å²) in [5.41, 5.74) is 1.94. The Kier molecular flexibility index (Phi) is 6.24. The largest absolute Gasteiger partial charge is 0.457 e. The molecule has 0 aromatic heterocycles.